The molecule has 1 aliphatic heterocycles. The maximum Gasteiger partial charge on any atom is 0.118 e. The fourth-order valence-corrected chi connectivity index (χ4v) is 4.78. The Balaban J connectivity index is 1.67. The first-order valence-electron chi connectivity index (χ1n) is 10.9. The summed E-state index contributed by atoms with van der Waals surface area (Å²) in [5.41, 5.74) is 9.15. The highest BCUT2D eigenvalue weighted by atomic mass is 16.5. The summed E-state index contributed by atoms with van der Waals surface area (Å²) in [5.74, 6) is 1.84. The van der Waals surface area contributed by atoms with E-state index < -0.39 is 0 Å². The van der Waals surface area contributed by atoms with Gasteiger partial charge in [-0.1, -0.05) is 24.3 Å². The first-order chi connectivity index (χ1) is 14.0. The van der Waals surface area contributed by atoms with Gasteiger partial charge in [-0.3, -0.25) is 0 Å². The van der Waals surface area contributed by atoms with Crippen molar-refractivity contribution in [3.05, 3.63) is 59.7 Å². The number of aryl methyl sites for hydroxylation is 2. The van der Waals surface area contributed by atoms with Gasteiger partial charge in [-0.05, 0) is 61.1 Å². The van der Waals surface area contributed by atoms with E-state index in [4.69, 9.17) is 15.2 Å². The number of likely N-dealkylation sites (N-methyl/N-ethyl adjacent to an activating group) is 1. The molecule has 0 bridgehead atoms. The van der Waals surface area contributed by atoms with Crippen LogP contribution in [-0.4, -0.2) is 50.9 Å². The highest BCUT2D eigenvalue weighted by Gasteiger charge is 2.36. The molecule has 2 N–H and O–H groups in total. The molecule has 0 spiro atoms. The third-order valence-electron chi connectivity index (χ3n) is 6.63. The second-order valence-corrected chi connectivity index (χ2v) is 8.72. The number of rotatable bonds is 9. The molecule has 4 nitrogen and oxygen atoms in total. The molecule has 2 atom stereocenters. The zero-order chi connectivity index (χ0) is 20.7. The SMILES string of the molecule is COc1ccc(CCC(CCc2ccc(OC)cc2)[N+]2(C)CCC[C@H](N)C2)cc1. The quantitative estimate of drug-likeness (QED) is 0.645. The molecule has 2 aromatic rings. The Labute approximate surface area is 176 Å². The normalized spacial score (nSPS) is 21.9. The lowest BCUT2D eigenvalue weighted by Gasteiger charge is -2.46. The van der Waals surface area contributed by atoms with Gasteiger partial charge in [-0.15, -0.1) is 0 Å². The summed E-state index contributed by atoms with van der Waals surface area (Å²) in [4.78, 5) is 0. The van der Waals surface area contributed by atoms with Crippen LogP contribution in [0.25, 0.3) is 0 Å². The minimum absolute atomic E-state index is 0.332. The number of methoxy groups -OCH3 is 2. The van der Waals surface area contributed by atoms with E-state index in [0.717, 1.165) is 41.8 Å². The van der Waals surface area contributed by atoms with Crippen molar-refractivity contribution in [3.8, 4) is 11.5 Å². The maximum atomic E-state index is 6.38. The fraction of sp³-hybridized carbons (Fsp3) is 0.520. The summed E-state index contributed by atoms with van der Waals surface area (Å²) >= 11 is 0. The van der Waals surface area contributed by atoms with Gasteiger partial charge >= 0.3 is 0 Å². The van der Waals surface area contributed by atoms with Crippen molar-refractivity contribution < 1.29 is 14.0 Å². The van der Waals surface area contributed by atoms with Gasteiger partial charge in [0.25, 0.3) is 0 Å². The summed E-state index contributed by atoms with van der Waals surface area (Å²) in [5, 5.41) is 0. The van der Waals surface area contributed by atoms with Gasteiger partial charge in [0.1, 0.15) is 11.5 Å². The van der Waals surface area contributed by atoms with E-state index in [9.17, 15) is 0 Å². The van der Waals surface area contributed by atoms with Crippen LogP contribution in [0.5, 0.6) is 11.5 Å². The molecule has 1 saturated heterocycles. The van der Waals surface area contributed by atoms with Gasteiger partial charge in [-0.2, -0.15) is 0 Å². The Morgan fingerprint density at radius 1 is 0.897 bits per heavy atom. The third kappa shape index (κ3) is 5.97. The number of nitrogens with zero attached hydrogens (tertiary/aromatic N) is 1. The lowest BCUT2D eigenvalue weighted by Crippen LogP contribution is -2.60. The van der Waals surface area contributed by atoms with Gasteiger partial charge in [0.2, 0.25) is 0 Å². The van der Waals surface area contributed by atoms with E-state index in [1.165, 1.54) is 36.9 Å². The molecule has 0 saturated carbocycles. The second kappa shape index (κ2) is 10.1. The van der Waals surface area contributed by atoms with Crippen LogP contribution >= 0.6 is 0 Å². The molecule has 2 aromatic carbocycles. The molecule has 3 rings (SSSR count). The minimum atomic E-state index is 0.332. The largest absolute Gasteiger partial charge is 0.497 e. The smallest absolute Gasteiger partial charge is 0.118 e. The van der Waals surface area contributed by atoms with Crippen molar-refractivity contribution in [1.82, 2.24) is 0 Å². The van der Waals surface area contributed by atoms with Gasteiger partial charge in [0.15, 0.2) is 0 Å². The van der Waals surface area contributed by atoms with Gasteiger partial charge in [0, 0.05) is 12.8 Å². The van der Waals surface area contributed by atoms with Crippen LogP contribution in [0, 0.1) is 0 Å². The van der Waals surface area contributed by atoms with Crippen molar-refractivity contribution >= 4 is 0 Å². The molecule has 0 amide bonds. The summed E-state index contributed by atoms with van der Waals surface area (Å²) in [6.45, 7) is 2.33. The Kier molecular flexibility index (Phi) is 7.57. The summed E-state index contributed by atoms with van der Waals surface area (Å²) in [6.07, 6.45) is 6.97. The van der Waals surface area contributed by atoms with Crippen LogP contribution in [0.1, 0.15) is 36.8 Å². The molecule has 4 heteroatoms. The molecular weight excluding hydrogens is 360 g/mol. The average Bonchev–Trinajstić information content (AvgIpc) is 2.74. The second-order valence-electron chi connectivity index (χ2n) is 8.72. The van der Waals surface area contributed by atoms with Crippen LogP contribution in [0.2, 0.25) is 0 Å². The monoisotopic (exact) mass is 397 g/mol. The average molecular weight is 398 g/mol. The maximum absolute atomic E-state index is 6.38. The third-order valence-corrected chi connectivity index (χ3v) is 6.63. The Hall–Kier alpha value is -2.04. The number of benzene rings is 2. The lowest BCUT2D eigenvalue weighted by atomic mass is 9.92. The summed E-state index contributed by atoms with van der Waals surface area (Å²) in [6, 6.07) is 18.0. The lowest BCUT2D eigenvalue weighted by molar-refractivity contribution is -0.939. The molecule has 29 heavy (non-hydrogen) atoms. The predicted octanol–water partition coefficient (Wildman–Crippen LogP) is 4.21. The fourth-order valence-electron chi connectivity index (χ4n) is 4.78. The van der Waals surface area contributed by atoms with Crippen LogP contribution in [0.4, 0.5) is 0 Å². The van der Waals surface area contributed by atoms with Crippen molar-refractivity contribution in [2.45, 2.75) is 50.6 Å². The van der Waals surface area contributed by atoms with Crippen molar-refractivity contribution in [3.63, 3.8) is 0 Å². The first kappa shape index (κ1) is 21.7. The van der Waals surface area contributed by atoms with Crippen molar-refractivity contribution in [2.24, 2.45) is 5.73 Å². The molecule has 1 fully saturated rings. The van der Waals surface area contributed by atoms with E-state index in [0.29, 0.717) is 12.1 Å². The van der Waals surface area contributed by atoms with Crippen LogP contribution in [0.15, 0.2) is 48.5 Å². The molecule has 0 radical (unpaired) electrons. The highest BCUT2D eigenvalue weighted by Crippen LogP contribution is 2.27. The van der Waals surface area contributed by atoms with Crippen molar-refractivity contribution in [2.75, 3.05) is 34.4 Å². The van der Waals surface area contributed by atoms with E-state index in [1.807, 2.05) is 0 Å². The molecule has 1 heterocycles. The predicted molar refractivity (Wildman–Crippen MR) is 120 cm³/mol. The first-order valence-corrected chi connectivity index (χ1v) is 10.9. The van der Waals surface area contributed by atoms with Crippen LogP contribution in [0.3, 0.4) is 0 Å². The van der Waals surface area contributed by atoms with Crippen LogP contribution < -0.4 is 15.2 Å². The topological polar surface area (TPSA) is 44.5 Å². The van der Waals surface area contributed by atoms with Crippen LogP contribution in [-0.2, 0) is 12.8 Å². The molecular formula is C25H37N2O2+. The highest BCUT2D eigenvalue weighted by molar-refractivity contribution is 5.28. The van der Waals surface area contributed by atoms with E-state index in [2.05, 4.69) is 55.6 Å². The number of ether oxygens (including phenoxy) is 2. The number of hydrogen-bond acceptors (Lipinski definition) is 3. The van der Waals surface area contributed by atoms with Gasteiger partial charge in [-0.25, -0.2) is 0 Å². The minimum Gasteiger partial charge on any atom is -0.497 e. The van der Waals surface area contributed by atoms with E-state index in [-0.39, 0.29) is 0 Å². The molecule has 0 aliphatic carbocycles. The van der Waals surface area contributed by atoms with E-state index in [1.54, 1.807) is 14.2 Å². The number of likely N-dealkylation sites (tertiary alicyclic amines) is 1. The molecule has 0 aromatic heterocycles. The standard InChI is InChI=1S/C25H37N2O2/c1-27(18-4-5-22(26)19-27)23(12-6-20-8-14-24(28-2)15-9-20)13-7-21-10-16-25(29-3)17-11-21/h8-11,14-17,22-23H,4-7,12-13,18-19,26H2,1-3H3/q+1/t22-,27?/m0/s1. The number of nitrogens with two attached hydrogens (primary N) is 1. The van der Waals surface area contributed by atoms with E-state index >= 15 is 0 Å². The van der Waals surface area contributed by atoms with Gasteiger partial charge < -0.3 is 19.7 Å². The Morgan fingerprint density at radius 2 is 1.38 bits per heavy atom. The summed E-state index contributed by atoms with van der Waals surface area (Å²) in [7, 11) is 5.86. The molecule has 1 unspecified atom stereocenters. The molecule has 158 valence electrons. The number of piperidine rings is 1. The van der Waals surface area contributed by atoms with Crippen molar-refractivity contribution in [1.29, 1.82) is 0 Å². The summed E-state index contributed by atoms with van der Waals surface area (Å²) < 4.78 is 11.7. The Morgan fingerprint density at radius 3 is 1.79 bits per heavy atom. The number of quaternary nitrogens is 1. The van der Waals surface area contributed by atoms with Gasteiger partial charge in [0.05, 0.1) is 46.4 Å². The number of hydrogen-bond donors (Lipinski definition) is 1. The Bertz CT molecular complexity index is 693. The zero-order valence-electron chi connectivity index (χ0n) is 18.3. The molecule has 1 aliphatic rings. The zero-order valence-corrected chi connectivity index (χ0v) is 18.3.